The smallest absolute Gasteiger partial charge is 0.254 e. The molecule has 1 N–H and O–H groups in total. The molecule has 1 aliphatic heterocycles. The summed E-state index contributed by atoms with van der Waals surface area (Å²) >= 11 is 0. The molecule has 1 heterocycles. The van der Waals surface area contributed by atoms with Crippen molar-refractivity contribution in [1.29, 1.82) is 0 Å². The third-order valence-corrected chi connectivity index (χ3v) is 5.01. The Balaban J connectivity index is 2.33. The summed E-state index contributed by atoms with van der Waals surface area (Å²) in [5.74, 6) is -0.145. The Bertz CT molecular complexity index is 757. The van der Waals surface area contributed by atoms with E-state index in [2.05, 4.69) is 18.5 Å². The summed E-state index contributed by atoms with van der Waals surface area (Å²) in [5, 5.41) is 2.99. The van der Waals surface area contributed by atoms with Gasteiger partial charge in [0.1, 0.15) is 12.6 Å². The number of benzene rings is 1. The number of hydrogen-bond acceptors (Lipinski definition) is 5. The quantitative estimate of drug-likeness (QED) is 0.639. The summed E-state index contributed by atoms with van der Waals surface area (Å²) < 4.78 is 0. The molecule has 0 fully saturated rings. The molecule has 6 heteroatoms. The zero-order valence-corrected chi connectivity index (χ0v) is 16.0. The minimum atomic E-state index is -0.287. The molecule has 0 saturated carbocycles. The Morgan fingerprint density at radius 1 is 1.30 bits per heavy atom. The first-order chi connectivity index (χ1) is 13.0. The van der Waals surface area contributed by atoms with Crippen molar-refractivity contribution >= 4 is 24.6 Å². The van der Waals surface area contributed by atoms with Gasteiger partial charge in [0.2, 0.25) is 0 Å². The molecule has 2 rings (SSSR count). The van der Waals surface area contributed by atoms with E-state index in [1.807, 2.05) is 17.0 Å². The number of rotatable bonds is 10. The van der Waals surface area contributed by atoms with Crippen molar-refractivity contribution in [2.24, 2.45) is 0 Å². The van der Waals surface area contributed by atoms with E-state index in [-0.39, 0.29) is 11.9 Å². The van der Waals surface area contributed by atoms with Gasteiger partial charge in [-0.15, -0.1) is 0 Å². The number of fused-ring (bicyclic) bond motifs is 1. The van der Waals surface area contributed by atoms with Crippen molar-refractivity contribution in [2.45, 2.75) is 32.0 Å². The van der Waals surface area contributed by atoms with E-state index in [4.69, 9.17) is 0 Å². The summed E-state index contributed by atoms with van der Waals surface area (Å²) in [6, 6.07) is 3.58. The van der Waals surface area contributed by atoms with Gasteiger partial charge in [-0.1, -0.05) is 19.2 Å². The molecule has 0 radical (unpaired) electrons. The van der Waals surface area contributed by atoms with Gasteiger partial charge in [-0.2, -0.15) is 0 Å². The second-order valence-corrected chi connectivity index (χ2v) is 6.70. The van der Waals surface area contributed by atoms with Gasteiger partial charge in [0.05, 0.1) is 12.6 Å². The Labute approximate surface area is 160 Å². The standard InChI is InChI=1S/C21H27N3O3/c1-5-16-11-17-13-24(8-10-26)14-18(17)12-19(16)21(27)23(4)20(7-6-9-25)15(2)22-3/h5,9-12,20,22H,1-2,6-8,13-14H2,3-4H3. The summed E-state index contributed by atoms with van der Waals surface area (Å²) in [6.45, 7) is 9.53. The van der Waals surface area contributed by atoms with Gasteiger partial charge in [-0.3, -0.25) is 9.69 Å². The molecule has 0 spiro atoms. The summed E-state index contributed by atoms with van der Waals surface area (Å²) in [6.07, 6.45) is 4.27. The van der Waals surface area contributed by atoms with Crippen LogP contribution in [0.5, 0.6) is 0 Å². The maximum atomic E-state index is 13.2. The maximum absolute atomic E-state index is 13.2. The molecule has 0 aromatic heterocycles. The predicted molar refractivity (Wildman–Crippen MR) is 106 cm³/mol. The lowest BCUT2D eigenvalue weighted by molar-refractivity contribution is -0.109. The van der Waals surface area contributed by atoms with Crippen LogP contribution in [0.15, 0.2) is 31.0 Å². The lowest BCUT2D eigenvalue weighted by Gasteiger charge is -2.30. The fourth-order valence-corrected chi connectivity index (χ4v) is 3.45. The second-order valence-electron chi connectivity index (χ2n) is 6.70. The average molecular weight is 369 g/mol. The van der Waals surface area contributed by atoms with Crippen LogP contribution in [0.2, 0.25) is 0 Å². The van der Waals surface area contributed by atoms with E-state index in [0.29, 0.717) is 43.7 Å². The van der Waals surface area contributed by atoms with Gasteiger partial charge in [0.15, 0.2) is 0 Å². The average Bonchev–Trinajstić information content (AvgIpc) is 3.07. The molecule has 1 amide bonds. The van der Waals surface area contributed by atoms with Crippen LogP contribution in [0.4, 0.5) is 0 Å². The molecule has 1 aliphatic rings. The fourth-order valence-electron chi connectivity index (χ4n) is 3.45. The monoisotopic (exact) mass is 369 g/mol. The molecule has 0 bridgehead atoms. The number of carbonyl (C=O) groups is 3. The van der Waals surface area contributed by atoms with E-state index in [0.717, 1.165) is 29.3 Å². The van der Waals surface area contributed by atoms with Crippen molar-refractivity contribution in [2.75, 3.05) is 20.6 Å². The molecule has 0 saturated heterocycles. The third-order valence-electron chi connectivity index (χ3n) is 5.01. The highest BCUT2D eigenvalue weighted by Crippen LogP contribution is 2.28. The van der Waals surface area contributed by atoms with E-state index >= 15 is 0 Å². The van der Waals surface area contributed by atoms with E-state index in [1.54, 1.807) is 25.1 Å². The van der Waals surface area contributed by atoms with Gasteiger partial charge in [0, 0.05) is 44.9 Å². The molecule has 1 atom stereocenters. The zero-order chi connectivity index (χ0) is 20.0. The zero-order valence-electron chi connectivity index (χ0n) is 16.0. The van der Waals surface area contributed by atoms with Crippen LogP contribution in [-0.4, -0.2) is 55.0 Å². The van der Waals surface area contributed by atoms with Crippen molar-refractivity contribution in [3.63, 3.8) is 0 Å². The maximum Gasteiger partial charge on any atom is 0.254 e. The number of likely N-dealkylation sites (N-methyl/N-ethyl adjacent to an activating group) is 2. The largest absolute Gasteiger partial charge is 0.390 e. The summed E-state index contributed by atoms with van der Waals surface area (Å²) in [5.41, 5.74) is 4.19. The highest BCUT2D eigenvalue weighted by Gasteiger charge is 2.27. The van der Waals surface area contributed by atoms with Gasteiger partial charge in [-0.05, 0) is 35.2 Å². The van der Waals surface area contributed by atoms with E-state index < -0.39 is 0 Å². The van der Waals surface area contributed by atoms with Crippen LogP contribution in [0.3, 0.4) is 0 Å². The van der Waals surface area contributed by atoms with Gasteiger partial charge >= 0.3 is 0 Å². The lowest BCUT2D eigenvalue weighted by Crippen LogP contribution is -2.41. The number of nitrogens with zero attached hydrogens (tertiary/aromatic N) is 2. The van der Waals surface area contributed by atoms with Crippen molar-refractivity contribution in [3.05, 3.63) is 53.2 Å². The van der Waals surface area contributed by atoms with Crippen LogP contribution in [-0.2, 0) is 22.7 Å². The number of aldehydes is 2. The molecule has 144 valence electrons. The Morgan fingerprint density at radius 3 is 2.52 bits per heavy atom. The van der Waals surface area contributed by atoms with Crippen molar-refractivity contribution < 1.29 is 14.4 Å². The van der Waals surface area contributed by atoms with Gasteiger partial charge < -0.3 is 19.8 Å². The molecule has 0 aliphatic carbocycles. The summed E-state index contributed by atoms with van der Waals surface area (Å²) in [4.78, 5) is 38.4. The van der Waals surface area contributed by atoms with Crippen LogP contribution >= 0.6 is 0 Å². The number of nitrogens with one attached hydrogen (secondary N) is 1. The highest BCUT2D eigenvalue weighted by molar-refractivity contribution is 5.98. The van der Waals surface area contributed by atoms with Crippen molar-refractivity contribution in [3.8, 4) is 0 Å². The van der Waals surface area contributed by atoms with E-state index in [9.17, 15) is 14.4 Å². The molecular weight excluding hydrogens is 342 g/mol. The minimum Gasteiger partial charge on any atom is -0.390 e. The van der Waals surface area contributed by atoms with Crippen LogP contribution in [0, 0.1) is 0 Å². The lowest BCUT2D eigenvalue weighted by atomic mass is 9.98. The first kappa shape index (κ1) is 20.6. The molecule has 1 aromatic carbocycles. The number of carbonyl (C=O) groups excluding carboxylic acids is 3. The van der Waals surface area contributed by atoms with Crippen molar-refractivity contribution in [1.82, 2.24) is 15.1 Å². The first-order valence-electron chi connectivity index (χ1n) is 8.98. The minimum absolute atomic E-state index is 0.145. The summed E-state index contributed by atoms with van der Waals surface area (Å²) in [7, 11) is 3.47. The van der Waals surface area contributed by atoms with Gasteiger partial charge in [-0.25, -0.2) is 0 Å². The molecule has 1 aromatic rings. The van der Waals surface area contributed by atoms with Crippen LogP contribution in [0.1, 0.15) is 39.9 Å². The molecule has 6 nitrogen and oxygen atoms in total. The highest BCUT2D eigenvalue weighted by atomic mass is 16.2. The number of hydrogen-bond donors (Lipinski definition) is 1. The molecular formula is C21H27N3O3. The topological polar surface area (TPSA) is 69.7 Å². The van der Waals surface area contributed by atoms with E-state index in [1.165, 1.54) is 0 Å². The SMILES string of the molecule is C=Cc1cc2c(cc1C(=O)N(C)C(CCC=O)C(=C)NC)CN(CC=O)C2. The fraction of sp³-hybridized carbons (Fsp3) is 0.381. The van der Waals surface area contributed by atoms with Crippen LogP contribution < -0.4 is 5.32 Å². The second kappa shape index (κ2) is 9.28. The normalized spacial score (nSPS) is 14.1. The first-order valence-corrected chi connectivity index (χ1v) is 8.98. The predicted octanol–water partition coefficient (Wildman–Crippen LogP) is 2.00. The Kier molecular flexibility index (Phi) is 7.07. The van der Waals surface area contributed by atoms with Crippen LogP contribution in [0.25, 0.3) is 6.08 Å². The Morgan fingerprint density at radius 2 is 1.96 bits per heavy atom. The number of amides is 1. The molecule has 1 unspecified atom stereocenters. The molecule has 27 heavy (non-hydrogen) atoms. The third kappa shape index (κ3) is 4.52. The Hall–Kier alpha value is -2.73. The van der Waals surface area contributed by atoms with Gasteiger partial charge in [0.25, 0.3) is 5.91 Å².